The minimum absolute atomic E-state index is 0.0414. The molecule has 0 bridgehead atoms. The van der Waals surface area contributed by atoms with Gasteiger partial charge in [-0.05, 0) is 60.2 Å². The lowest BCUT2D eigenvalue weighted by atomic mass is 9.65. The molecule has 1 aromatic heterocycles. The number of pyridine rings is 1. The highest BCUT2D eigenvalue weighted by Gasteiger charge is 2.41. The van der Waals surface area contributed by atoms with Gasteiger partial charge in [0.25, 0.3) is 0 Å². The molecule has 0 fully saturated rings. The third-order valence-electron chi connectivity index (χ3n) is 8.66. The Balaban J connectivity index is 0.00000162. The molecule has 1 aliphatic heterocycles. The first-order valence-electron chi connectivity index (χ1n) is 16.2. The van der Waals surface area contributed by atoms with E-state index < -0.39 is 5.41 Å². The molecule has 2 heterocycles. The molecule has 4 rings (SSSR count). The number of nitrogens with two attached hydrogens (primary N) is 2. The van der Waals surface area contributed by atoms with E-state index in [1.807, 2.05) is 59.9 Å². The number of rotatable bonds is 9. The van der Waals surface area contributed by atoms with Gasteiger partial charge in [-0.25, -0.2) is 5.84 Å². The van der Waals surface area contributed by atoms with Gasteiger partial charge < -0.3 is 15.5 Å². The quantitative estimate of drug-likeness (QED) is 0.146. The number of nitrogens with zero attached hydrogens (tertiary/aromatic N) is 3. The molecule has 0 radical (unpaired) electrons. The van der Waals surface area contributed by atoms with Crippen LogP contribution in [-0.2, 0) is 17.9 Å². The third-order valence-corrected chi connectivity index (χ3v) is 8.66. The zero-order valence-corrected chi connectivity index (χ0v) is 29.1. The van der Waals surface area contributed by atoms with E-state index >= 15 is 0 Å². The van der Waals surface area contributed by atoms with Gasteiger partial charge in [-0.3, -0.25) is 14.7 Å². The molecule has 3 aromatic rings. The van der Waals surface area contributed by atoms with Crippen LogP contribution in [0.2, 0.25) is 0 Å². The zero-order valence-electron chi connectivity index (χ0n) is 29.1. The lowest BCUT2D eigenvalue weighted by Gasteiger charge is -2.37. The van der Waals surface area contributed by atoms with Crippen LogP contribution in [0.3, 0.4) is 0 Å². The molecule has 2 atom stereocenters. The number of benzene rings is 2. The van der Waals surface area contributed by atoms with Crippen molar-refractivity contribution in [2.24, 2.45) is 17.2 Å². The Kier molecular flexibility index (Phi) is 13.9. The molecule has 44 heavy (non-hydrogen) atoms. The van der Waals surface area contributed by atoms with E-state index in [9.17, 15) is 4.79 Å². The smallest absolute Gasteiger partial charge is 0.142 e. The molecule has 0 amide bonds. The minimum Gasteiger partial charge on any atom is -0.492 e. The Bertz CT molecular complexity index is 1370. The number of anilines is 2. The van der Waals surface area contributed by atoms with E-state index in [4.69, 9.17) is 16.3 Å². The second kappa shape index (κ2) is 16.6. The van der Waals surface area contributed by atoms with Gasteiger partial charge >= 0.3 is 0 Å². The van der Waals surface area contributed by atoms with E-state index in [0.29, 0.717) is 12.3 Å². The van der Waals surface area contributed by atoms with Gasteiger partial charge in [-0.15, -0.1) is 0 Å². The van der Waals surface area contributed by atoms with Crippen LogP contribution in [0, 0.1) is 25.2 Å². The minimum atomic E-state index is -0.656. The summed E-state index contributed by atoms with van der Waals surface area (Å²) in [5, 5.41) is 1.54. The predicted molar refractivity (Wildman–Crippen MR) is 186 cm³/mol. The molecule has 2 aromatic carbocycles. The molecule has 1 aliphatic rings. The number of aryl methyl sites for hydroxylation is 1. The predicted octanol–water partition coefficient (Wildman–Crippen LogP) is 7.81. The standard InChI is InChI=1S/C33H45N5O2.2C2H6/c1-8-21(2)32(39)33(5,6)30(27-11-12-28(37(7)35)31(34)23(27)4)24-10-9-22(3)25(17-24)19-38-15-16-40-29-13-14-36-18-26(29)20-38;2*1-2/h9-14,17-18,21,30H,8,15-16,19-20,34-35H2,1-7H3;2*1-2H3. The van der Waals surface area contributed by atoms with Crippen molar-refractivity contribution >= 4 is 17.2 Å². The topological polar surface area (TPSA) is 97.7 Å². The second-order valence-electron chi connectivity index (χ2n) is 11.9. The molecule has 7 heteroatoms. The zero-order chi connectivity index (χ0) is 33.2. The Hall–Kier alpha value is -3.42. The third kappa shape index (κ3) is 8.19. The van der Waals surface area contributed by atoms with E-state index in [-0.39, 0.29) is 17.6 Å². The first-order valence-corrected chi connectivity index (χ1v) is 16.2. The van der Waals surface area contributed by atoms with Crippen LogP contribution in [0.25, 0.3) is 0 Å². The van der Waals surface area contributed by atoms with Crippen molar-refractivity contribution < 1.29 is 9.53 Å². The highest BCUT2D eigenvalue weighted by atomic mass is 16.5. The molecular weight excluding hydrogens is 546 g/mol. The van der Waals surface area contributed by atoms with Crippen molar-refractivity contribution in [1.29, 1.82) is 0 Å². The van der Waals surface area contributed by atoms with Crippen LogP contribution in [-0.4, -0.2) is 35.9 Å². The highest BCUT2D eigenvalue weighted by Crippen LogP contribution is 2.46. The van der Waals surface area contributed by atoms with Gasteiger partial charge in [0.15, 0.2) is 0 Å². The fourth-order valence-electron chi connectivity index (χ4n) is 5.99. The molecule has 242 valence electrons. The average Bonchev–Trinajstić information content (AvgIpc) is 3.23. The van der Waals surface area contributed by atoms with Crippen molar-refractivity contribution in [3.8, 4) is 5.75 Å². The molecule has 0 spiro atoms. The van der Waals surface area contributed by atoms with Crippen LogP contribution in [0.1, 0.15) is 101 Å². The Morgan fingerprint density at radius 3 is 2.43 bits per heavy atom. The van der Waals surface area contributed by atoms with E-state index in [2.05, 4.69) is 61.8 Å². The van der Waals surface area contributed by atoms with Gasteiger partial charge in [0, 0.05) is 61.9 Å². The maximum absolute atomic E-state index is 13.9. The number of nitrogen functional groups attached to an aromatic ring is 1. The fourth-order valence-corrected chi connectivity index (χ4v) is 5.99. The van der Waals surface area contributed by atoms with Gasteiger partial charge in [0.1, 0.15) is 18.1 Å². The van der Waals surface area contributed by atoms with Crippen LogP contribution >= 0.6 is 0 Å². The largest absolute Gasteiger partial charge is 0.492 e. The molecule has 0 saturated heterocycles. The maximum atomic E-state index is 13.9. The van der Waals surface area contributed by atoms with Crippen LogP contribution in [0.5, 0.6) is 5.75 Å². The number of fused-ring (bicyclic) bond motifs is 1. The number of carbonyl (C=O) groups excluding carboxylic acids is 1. The van der Waals surface area contributed by atoms with E-state index in [1.165, 1.54) is 11.1 Å². The summed E-state index contributed by atoms with van der Waals surface area (Å²) in [4.78, 5) is 20.6. The summed E-state index contributed by atoms with van der Waals surface area (Å²) < 4.78 is 5.98. The number of ketones is 1. The number of hydrazine groups is 1. The maximum Gasteiger partial charge on any atom is 0.142 e. The summed E-state index contributed by atoms with van der Waals surface area (Å²) >= 11 is 0. The number of aromatic nitrogens is 1. The van der Waals surface area contributed by atoms with Crippen molar-refractivity contribution in [3.05, 3.63) is 82.2 Å². The Morgan fingerprint density at radius 1 is 1.11 bits per heavy atom. The van der Waals surface area contributed by atoms with Gasteiger partial charge in [-0.2, -0.15) is 0 Å². The normalized spacial score (nSPS) is 14.4. The molecule has 7 nitrogen and oxygen atoms in total. The second-order valence-corrected chi connectivity index (χ2v) is 11.9. The summed E-state index contributed by atoms with van der Waals surface area (Å²) in [5.74, 6) is 7.01. The number of hydrogen-bond acceptors (Lipinski definition) is 7. The first-order chi connectivity index (χ1) is 20.9. The van der Waals surface area contributed by atoms with E-state index in [1.54, 1.807) is 18.3 Å². The highest BCUT2D eigenvalue weighted by molar-refractivity contribution is 5.88. The summed E-state index contributed by atoms with van der Waals surface area (Å²) in [6.07, 6.45) is 4.47. The van der Waals surface area contributed by atoms with E-state index in [0.717, 1.165) is 59.7 Å². The SMILES string of the molecule is CC.CC.CCC(C)C(=O)C(C)(C)C(c1ccc(C)c(CN2CCOc3ccncc3C2)c1)c1ccc(N(C)N)c(N)c1C. The summed E-state index contributed by atoms with van der Waals surface area (Å²) in [7, 11) is 1.78. The summed E-state index contributed by atoms with van der Waals surface area (Å²) in [6.45, 7) is 23.5. The first kappa shape index (κ1) is 36.8. The number of hydrogen-bond donors (Lipinski definition) is 2. The Morgan fingerprint density at radius 2 is 1.80 bits per heavy atom. The molecule has 0 saturated carbocycles. The lowest BCUT2D eigenvalue weighted by molar-refractivity contribution is -0.131. The van der Waals surface area contributed by atoms with Crippen molar-refractivity contribution in [2.75, 3.05) is 30.9 Å². The van der Waals surface area contributed by atoms with Crippen molar-refractivity contribution in [3.63, 3.8) is 0 Å². The summed E-state index contributed by atoms with van der Waals surface area (Å²) in [6, 6.07) is 12.7. The van der Waals surface area contributed by atoms with Crippen molar-refractivity contribution in [2.45, 2.75) is 94.7 Å². The molecule has 2 unspecified atom stereocenters. The Labute approximate surface area is 267 Å². The number of carbonyl (C=O) groups is 1. The molecule has 4 N–H and O–H groups in total. The van der Waals surface area contributed by atoms with Crippen LogP contribution in [0.15, 0.2) is 48.8 Å². The molecule has 0 aliphatic carbocycles. The monoisotopic (exact) mass is 603 g/mol. The number of ether oxygens (including phenoxy) is 1. The van der Waals surface area contributed by atoms with Crippen LogP contribution in [0.4, 0.5) is 11.4 Å². The van der Waals surface area contributed by atoms with Gasteiger partial charge in [0.05, 0.1) is 11.4 Å². The van der Waals surface area contributed by atoms with Crippen LogP contribution < -0.4 is 21.3 Å². The summed E-state index contributed by atoms with van der Waals surface area (Å²) in [5.41, 5.74) is 14.1. The van der Waals surface area contributed by atoms with Gasteiger partial charge in [0.2, 0.25) is 0 Å². The lowest BCUT2D eigenvalue weighted by Crippen LogP contribution is -2.36. The van der Waals surface area contributed by atoms with Gasteiger partial charge in [-0.1, -0.05) is 79.7 Å². The van der Waals surface area contributed by atoms with Crippen molar-refractivity contribution in [1.82, 2.24) is 9.88 Å². The average molecular weight is 604 g/mol. The fraction of sp³-hybridized carbons (Fsp3) is 0.514. The number of Topliss-reactive ketones (excluding diaryl/α,β-unsaturated/α-hetero) is 1. The molecular formula is C37H57N5O2.